The zero-order chi connectivity index (χ0) is 12.9. The fourth-order valence-corrected chi connectivity index (χ4v) is 4.40. The normalized spacial score (nSPS) is 36.6. The summed E-state index contributed by atoms with van der Waals surface area (Å²) in [4.78, 5) is 2.47. The zero-order valence-corrected chi connectivity index (χ0v) is 11.3. The summed E-state index contributed by atoms with van der Waals surface area (Å²) >= 11 is 0. The first-order chi connectivity index (χ1) is 9.36. The molecular weight excluding hydrogens is 236 g/mol. The number of hydrogen-bond donors (Lipinski definition) is 2. The molecule has 1 aromatic carbocycles. The minimum Gasteiger partial charge on any atom is -0.396 e. The van der Waals surface area contributed by atoms with Crippen LogP contribution in [0.25, 0.3) is 0 Å². The summed E-state index contributed by atoms with van der Waals surface area (Å²) in [5.41, 5.74) is 3.02. The van der Waals surface area contributed by atoms with Gasteiger partial charge in [-0.3, -0.25) is 0 Å². The van der Waals surface area contributed by atoms with E-state index in [9.17, 15) is 5.11 Å². The molecule has 1 aliphatic carbocycles. The van der Waals surface area contributed by atoms with Crippen molar-refractivity contribution in [2.24, 2.45) is 11.8 Å². The molecule has 0 aromatic heterocycles. The third kappa shape index (κ3) is 1.58. The van der Waals surface area contributed by atoms with Crippen LogP contribution in [0.4, 0.5) is 5.69 Å². The summed E-state index contributed by atoms with van der Waals surface area (Å²) in [7, 11) is 0. The molecule has 0 amide bonds. The minimum absolute atomic E-state index is 0.234. The third-order valence-electron chi connectivity index (χ3n) is 5.55. The summed E-state index contributed by atoms with van der Waals surface area (Å²) in [5, 5.41) is 13.0. The maximum Gasteiger partial charge on any atom is 0.0471 e. The average molecular weight is 258 g/mol. The molecule has 19 heavy (non-hydrogen) atoms. The molecule has 1 aromatic rings. The lowest BCUT2D eigenvalue weighted by molar-refractivity contribution is 0.253. The first-order valence-corrected chi connectivity index (χ1v) is 7.53. The van der Waals surface area contributed by atoms with Crippen LogP contribution in [0.3, 0.4) is 0 Å². The maximum atomic E-state index is 9.53. The molecule has 3 aliphatic rings. The molecule has 3 nitrogen and oxygen atoms in total. The SMILES string of the molecule is OCC1C2CNCC12c1ccc(N2CCCC2)cc1. The lowest BCUT2D eigenvalue weighted by Gasteiger charge is -2.20. The number of nitrogens with one attached hydrogen (secondary N) is 1. The standard InChI is InChI=1S/C16H22N2O/c19-10-15-14-9-17-11-16(14,15)12-3-5-13(6-4-12)18-7-1-2-8-18/h3-6,14-15,17,19H,1-2,7-11H2. The van der Waals surface area contributed by atoms with Crippen LogP contribution in [0.15, 0.2) is 24.3 Å². The predicted molar refractivity (Wildman–Crippen MR) is 76.5 cm³/mol. The van der Waals surface area contributed by atoms with Gasteiger partial charge in [-0.15, -0.1) is 0 Å². The van der Waals surface area contributed by atoms with Gasteiger partial charge in [0, 0.05) is 37.3 Å². The summed E-state index contributed by atoms with van der Waals surface area (Å²) in [6.07, 6.45) is 2.65. The highest BCUT2D eigenvalue weighted by atomic mass is 16.3. The van der Waals surface area contributed by atoms with Crippen LogP contribution in [0.5, 0.6) is 0 Å². The van der Waals surface area contributed by atoms with Gasteiger partial charge < -0.3 is 15.3 Å². The first kappa shape index (κ1) is 11.7. The summed E-state index contributed by atoms with van der Waals surface area (Å²) in [6.45, 7) is 4.84. The molecule has 3 heteroatoms. The average Bonchev–Trinajstić information content (AvgIpc) is 2.89. The Balaban J connectivity index is 1.59. The molecule has 2 aliphatic heterocycles. The van der Waals surface area contributed by atoms with E-state index in [1.807, 2.05) is 0 Å². The van der Waals surface area contributed by atoms with Crippen molar-refractivity contribution in [3.63, 3.8) is 0 Å². The Labute approximate surface area is 114 Å². The molecule has 2 saturated heterocycles. The quantitative estimate of drug-likeness (QED) is 0.859. The Morgan fingerprint density at radius 1 is 1.21 bits per heavy atom. The van der Waals surface area contributed by atoms with Gasteiger partial charge in [-0.1, -0.05) is 12.1 Å². The van der Waals surface area contributed by atoms with Crippen molar-refractivity contribution in [3.8, 4) is 0 Å². The Morgan fingerprint density at radius 2 is 1.95 bits per heavy atom. The van der Waals surface area contributed by atoms with Gasteiger partial charge in [0.05, 0.1) is 0 Å². The summed E-state index contributed by atoms with van der Waals surface area (Å²) < 4.78 is 0. The van der Waals surface area contributed by atoms with E-state index >= 15 is 0 Å². The van der Waals surface area contributed by atoms with Crippen LogP contribution >= 0.6 is 0 Å². The van der Waals surface area contributed by atoms with Crippen LogP contribution in [-0.2, 0) is 5.41 Å². The number of rotatable bonds is 3. The molecule has 2 N–H and O–H groups in total. The zero-order valence-electron chi connectivity index (χ0n) is 11.3. The van der Waals surface area contributed by atoms with Gasteiger partial charge in [-0.2, -0.15) is 0 Å². The summed E-state index contributed by atoms with van der Waals surface area (Å²) in [5.74, 6) is 1.13. The Morgan fingerprint density at radius 3 is 2.58 bits per heavy atom. The van der Waals surface area contributed by atoms with Crippen LogP contribution in [0, 0.1) is 11.8 Å². The van der Waals surface area contributed by atoms with Gasteiger partial charge >= 0.3 is 0 Å². The van der Waals surface area contributed by atoms with Gasteiger partial charge in [0.25, 0.3) is 0 Å². The molecule has 2 heterocycles. The van der Waals surface area contributed by atoms with E-state index in [0.717, 1.165) is 13.1 Å². The van der Waals surface area contributed by atoms with Gasteiger partial charge in [0.2, 0.25) is 0 Å². The summed E-state index contributed by atoms with van der Waals surface area (Å²) in [6, 6.07) is 9.14. The van der Waals surface area contributed by atoms with Crippen LogP contribution in [0.1, 0.15) is 18.4 Å². The second-order valence-corrected chi connectivity index (χ2v) is 6.31. The van der Waals surface area contributed by atoms with E-state index in [-0.39, 0.29) is 5.41 Å². The Hall–Kier alpha value is -1.06. The predicted octanol–water partition coefficient (Wildman–Crippen LogP) is 1.37. The largest absolute Gasteiger partial charge is 0.396 e. The highest BCUT2D eigenvalue weighted by molar-refractivity contribution is 5.51. The maximum absolute atomic E-state index is 9.53. The molecule has 0 spiro atoms. The number of piperidine rings is 1. The second kappa shape index (κ2) is 4.22. The smallest absolute Gasteiger partial charge is 0.0471 e. The molecule has 0 radical (unpaired) electrons. The first-order valence-electron chi connectivity index (χ1n) is 7.53. The molecule has 102 valence electrons. The second-order valence-electron chi connectivity index (χ2n) is 6.31. The minimum atomic E-state index is 0.234. The van der Waals surface area contributed by atoms with E-state index in [1.54, 1.807) is 0 Å². The lowest BCUT2D eigenvalue weighted by Crippen LogP contribution is -2.25. The van der Waals surface area contributed by atoms with E-state index < -0.39 is 0 Å². The highest BCUT2D eigenvalue weighted by Gasteiger charge is 2.66. The van der Waals surface area contributed by atoms with Gasteiger partial charge in [-0.25, -0.2) is 0 Å². The third-order valence-corrected chi connectivity index (χ3v) is 5.55. The van der Waals surface area contributed by atoms with Crippen molar-refractivity contribution >= 4 is 5.69 Å². The molecule has 3 unspecified atom stereocenters. The van der Waals surface area contributed by atoms with Crippen molar-refractivity contribution in [2.45, 2.75) is 18.3 Å². The molecule has 1 saturated carbocycles. The number of aliphatic hydroxyl groups excluding tert-OH is 1. The fraction of sp³-hybridized carbons (Fsp3) is 0.625. The Bertz CT molecular complexity index is 460. The topological polar surface area (TPSA) is 35.5 Å². The van der Waals surface area contributed by atoms with Crippen LogP contribution < -0.4 is 10.2 Å². The van der Waals surface area contributed by atoms with E-state index in [0.29, 0.717) is 18.4 Å². The van der Waals surface area contributed by atoms with E-state index in [1.165, 1.54) is 37.2 Å². The molecule has 3 fully saturated rings. The van der Waals surface area contributed by atoms with E-state index in [4.69, 9.17) is 0 Å². The molecule has 3 atom stereocenters. The molecule has 0 bridgehead atoms. The molecule has 4 rings (SSSR count). The number of anilines is 1. The lowest BCUT2D eigenvalue weighted by atomic mass is 9.93. The number of benzene rings is 1. The van der Waals surface area contributed by atoms with Crippen molar-refractivity contribution in [3.05, 3.63) is 29.8 Å². The Kier molecular flexibility index (Phi) is 2.61. The van der Waals surface area contributed by atoms with Crippen LogP contribution in [0.2, 0.25) is 0 Å². The number of hydrogen-bond acceptors (Lipinski definition) is 3. The van der Waals surface area contributed by atoms with Crippen molar-refractivity contribution in [2.75, 3.05) is 37.7 Å². The number of aliphatic hydroxyl groups is 1. The van der Waals surface area contributed by atoms with Gasteiger partial charge in [0.1, 0.15) is 0 Å². The van der Waals surface area contributed by atoms with Crippen molar-refractivity contribution < 1.29 is 5.11 Å². The molecular formula is C16H22N2O. The van der Waals surface area contributed by atoms with Gasteiger partial charge in [0.15, 0.2) is 0 Å². The highest BCUT2D eigenvalue weighted by Crippen LogP contribution is 2.61. The van der Waals surface area contributed by atoms with E-state index in [2.05, 4.69) is 34.5 Å². The van der Waals surface area contributed by atoms with Crippen molar-refractivity contribution in [1.82, 2.24) is 5.32 Å². The van der Waals surface area contributed by atoms with Crippen molar-refractivity contribution in [1.29, 1.82) is 0 Å². The van der Waals surface area contributed by atoms with Gasteiger partial charge in [-0.05, 0) is 48.9 Å². The van der Waals surface area contributed by atoms with Crippen LogP contribution in [-0.4, -0.2) is 37.9 Å². The number of fused-ring (bicyclic) bond motifs is 1. The fourth-order valence-electron chi connectivity index (χ4n) is 4.40. The monoisotopic (exact) mass is 258 g/mol. The number of nitrogens with zero attached hydrogens (tertiary/aromatic N) is 1.